The predicted octanol–water partition coefficient (Wildman–Crippen LogP) is 4.42. The van der Waals surface area contributed by atoms with E-state index in [2.05, 4.69) is 77.8 Å². The summed E-state index contributed by atoms with van der Waals surface area (Å²) in [6, 6.07) is 19.3. The molecule has 120 valence electrons. The van der Waals surface area contributed by atoms with Gasteiger partial charge in [-0.3, -0.25) is 5.43 Å². The topological polar surface area (TPSA) is 27.6 Å². The maximum atomic E-state index is 4.50. The molecule has 0 spiro atoms. The Morgan fingerprint density at radius 3 is 2.35 bits per heavy atom. The van der Waals surface area contributed by atoms with E-state index < -0.39 is 0 Å². The van der Waals surface area contributed by atoms with E-state index in [9.17, 15) is 0 Å². The van der Waals surface area contributed by atoms with Crippen molar-refractivity contribution in [3.05, 3.63) is 65.7 Å². The quantitative estimate of drug-likeness (QED) is 0.852. The molecular formula is C19H23N3S. The Balaban J connectivity index is 1.61. The van der Waals surface area contributed by atoms with Crippen molar-refractivity contribution in [2.45, 2.75) is 25.6 Å². The van der Waals surface area contributed by atoms with E-state index in [0.717, 1.165) is 24.6 Å². The number of hydrogen-bond acceptors (Lipinski definition) is 4. The molecule has 0 saturated heterocycles. The Morgan fingerprint density at radius 1 is 1.00 bits per heavy atom. The summed E-state index contributed by atoms with van der Waals surface area (Å²) >= 11 is 1.81. The number of benzene rings is 2. The standard InChI is InChI=1S/C19H23N3S/c1-3-22(4-2)17-12-10-16(11-13-17)19-21-20-18(23-19)14-15-8-6-5-7-9-15/h5-13,19,21H,3-4,14H2,1-2H3. The first-order chi connectivity index (χ1) is 11.3. The van der Waals surface area contributed by atoms with Crippen LogP contribution in [0.25, 0.3) is 0 Å². The molecule has 1 atom stereocenters. The molecule has 1 aliphatic heterocycles. The highest BCUT2D eigenvalue weighted by Crippen LogP contribution is 2.33. The summed E-state index contributed by atoms with van der Waals surface area (Å²) < 4.78 is 0. The van der Waals surface area contributed by atoms with E-state index in [1.165, 1.54) is 16.8 Å². The lowest BCUT2D eigenvalue weighted by molar-refractivity contribution is 0.742. The van der Waals surface area contributed by atoms with Gasteiger partial charge in [0.15, 0.2) is 0 Å². The van der Waals surface area contributed by atoms with Crippen LogP contribution in [-0.4, -0.2) is 18.1 Å². The monoisotopic (exact) mass is 325 g/mol. The van der Waals surface area contributed by atoms with E-state index in [4.69, 9.17) is 0 Å². The van der Waals surface area contributed by atoms with Crippen molar-refractivity contribution >= 4 is 22.5 Å². The molecule has 1 heterocycles. The van der Waals surface area contributed by atoms with E-state index in [-0.39, 0.29) is 5.37 Å². The van der Waals surface area contributed by atoms with Crippen molar-refractivity contribution in [2.75, 3.05) is 18.0 Å². The van der Waals surface area contributed by atoms with Crippen molar-refractivity contribution in [1.82, 2.24) is 5.43 Å². The Hall–Kier alpha value is -1.94. The fraction of sp³-hybridized carbons (Fsp3) is 0.316. The van der Waals surface area contributed by atoms with Crippen molar-refractivity contribution in [3.8, 4) is 0 Å². The van der Waals surface area contributed by atoms with Crippen LogP contribution in [0.4, 0.5) is 5.69 Å². The van der Waals surface area contributed by atoms with Crippen molar-refractivity contribution in [2.24, 2.45) is 5.10 Å². The summed E-state index contributed by atoms with van der Waals surface area (Å²) in [5.41, 5.74) is 7.12. The van der Waals surface area contributed by atoms with Gasteiger partial charge in [-0.05, 0) is 37.1 Å². The second kappa shape index (κ2) is 7.55. The third-order valence-electron chi connectivity index (χ3n) is 4.08. The lowest BCUT2D eigenvalue weighted by Crippen LogP contribution is -2.21. The molecule has 1 N–H and O–H groups in total. The van der Waals surface area contributed by atoms with Crippen LogP contribution >= 0.6 is 11.8 Å². The van der Waals surface area contributed by atoms with Gasteiger partial charge in [-0.15, -0.1) is 0 Å². The SMILES string of the molecule is CCN(CC)c1ccc(C2NN=C(Cc3ccccc3)S2)cc1. The normalized spacial score (nSPS) is 16.8. The van der Waals surface area contributed by atoms with Crippen LogP contribution in [0, 0.1) is 0 Å². The Bertz CT molecular complexity index is 648. The third kappa shape index (κ3) is 3.88. The van der Waals surface area contributed by atoms with Crippen molar-refractivity contribution < 1.29 is 0 Å². The van der Waals surface area contributed by atoms with Gasteiger partial charge in [0.25, 0.3) is 0 Å². The molecule has 0 aliphatic carbocycles. The van der Waals surface area contributed by atoms with Crippen molar-refractivity contribution in [1.29, 1.82) is 0 Å². The molecule has 0 aromatic heterocycles. The first kappa shape index (κ1) is 15.9. The van der Waals surface area contributed by atoms with Gasteiger partial charge >= 0.3 is 0 Å². The van der Waals surface area contributed by atoms with Gasteiger partial charge in [0.05, 0.1) is 5.04 Å². The van der Waals surface area contributed by atoms with Gasteiger partial charge in [-0.25, -0.2) is 0 Å². The fourth-order valence-electron chi connectivity index (χ4n) is 2.76. The Labute approximate surface area is 142 Å². The molecular weight excluding hydrogens is 302 g/mol. The van der Waals surface area contributed by atoms with Crippen LogP contribution in [0.15, 0.2) is 59.7 Å². The van der Waals surface area contributed by atoms with Crippen LogP contribution in [0.5, 0.6) is 0 Å². The number of nitrogens with one attached hydrogen (secondary N) is 1. The van der Waals surface area contributed by atoms with E-state index >= 15 is 0 Å². The molecule has 3 rings (SSSR count). The van der Waals surface area contributed by atoms with Gasteiger partial charge in [-0.2, -0.15) is 5.10 Å². The molecule has 3 nitrogen and oxygen atoms in total. The zero-order valence-corrected chi connectivity index (χ0v) is 14.5. The lowest BCUT2D eigenvalue weighted by atomic mass is 10.2. The molecule has 0 bridgehead atoms. The molecule has 0 amide bonds. The van der Waals surface area contributed by atoms with Gasteiger partial charge < -0.3 is 4.90 Å². The highest BCUT2D eigenvalue weighted by Gasteiger charge is 2.21. The molecule has 1 unspecified atom stereocenters. The number of thioether (sulfide) groups is 1. The second-order valence-electron chi connectivity index (χ2n) is 5.56. The summed E-state index contributed by atoms with van der Waals surface area (Å²) in [6.07, 6.45) is 0.895. The second-order valence-corrected chi connectivity index (χ2v) is 6.74. The number of anilines is 1. The van der Waals surface area contributed by atoms with Gasteiger partial charge in [0.2, 0.25) is 0 Å². The minimum Gasteiger partial charge on any atom is -0.372 e. The molecule has 2 aromatic carbocycles. The summed E-state index contributed by atoms with van der Waals surface area (Å²) in [5, 5.41) is 5.87. The fourth-order valence-corrected chi connectivity index (χ4v) is 3.79. The number of rotatable bonds is 6. The van der Waals surface area contributed by atoms with Crippen LogP contribution in [-0.2, 0) is 6.42 Å². The van der Waals surface area contributed by atoms with Crippen LogP contribution in [0.2, 0.25) is 0 Å². The van der Waals surface area contributed by atoms with Gasteiger partial charge in [-0.1, -0.05) is 54.2 Å². The summed E-state index contributed by atoms with van der Waals surface area (Å²) in [4.78, 5) is 2.36. The highest BCUT2D eigenvalue weighted by atomic mass is 32.2. The maximum Gasteiger partial charge on any atom is 0.120 e. The minimum absolute atomic E-state index is 0.222. The van der Waals surface area contributed by atoms with Gasteiger partial charge in [0.1, 0.15) is 5.37 Å². The highest BCUT2D eigenvalue weighted by molar-refractivity contribution is 8.14. The molecule has 1 aliphatic rings. The largest absolute Gasteiger partial charge is 0.372 e. The first-order valence-electron chi connectivity index (χ1n) is 8.17. The Kier molecular flexibility index (Phi) is 5.23. The maximum absolute atomic E-state index is 4.50. The first-order valence-corrected chi connectivity index (χ1v) is 9.05. The minimum atomic E-state index is 0.222. The smallest absolute Gasteiger partial charge is 0.120 e. The van der Waals surface area contributed by atoms with E-state index in [0.29, 0.717) is 0 Å². The zero-order chi connectivity index (χ0) is 16.1. The third-order valence-corrected chi connectivity index (χ3v) is 5.20. The van der Waals surface area contributed by atoms with E-state index in [1.54, 1.807) is 0 Å². The molecule has 0 fully saturated rings. The van der Waals surface area contributed by atoms with Gasteiger partial charge in [0, 0.05) is 25.2 Å². The number of hydrazone groups is 1. The Morgan fingerprint density at radius 2 is 1.70 bits per heavy atom. The van der Waals surface area contributed by atoms with Crippen molar-refractivity contribution in [3.63, 3.8) is 0 Å². The lowest BCUT2D eigenvalue weighted by Gasteiger charge is -2.21. The van der Waals surface area contributed by atoms with Crippen LogP contribution in [0.3, 0.4) is 0 Å². The number of hydrogen-bond donors (Lipinski definition) is 1. The molecule has 2 aromatic rings. The van der Waals surface area contributed by atoms with E-state index in [1.807, 2.05) is 17.8 Å². The van der Waals surface area contributed by atoms with Crippen LogP contribution in [0.1, 0.15) is 30.3 Å². The summed E-state index contributed by atoms with van der Waals surface area (Å²) in [6.45, 7) is 6.46. The zero-order valence-electron chi connectivity index (χ0n) is 13.7. The van der Waals surface area contributed by atoms with Crippen LogP contribution < -0.4 is 10.3 Å². The number of nitrogens with zero attached hydrogens (tertiary/aromatic N) is 2. The molecule has 0 radical (unpaired) electrons. The average molecular weight is 325 g/mol. The average Bonchev–Trinajstić information content (AvgIpc) is 3.06. The molecule has 0 saturated carbocycles. The summed E-state index contributed by atoms with van der Waals surface area (Å²) in [7, 11) is 0. The predicted molar refractivity (Wildman–Crippen MR) is 101 cm³/mol. The molecule has 4 heteroatoms. The summed E-state index contributed by atoms with van der Waals surface area (Å²) in [5.74, 6) is 0. The molecule has 23 heavy (non-hydrogen) atoms.